The second-order valence-electron chi connectivity index (χ2n) is 3.92. The van der Waals surface area contributed by atoms with E-state index >= 15 is 0 Å². The van der Waals surface area contributed by atoms with E-state index < -0.39 is 6.36 Å². The van der Waals surface area contributed by atoms with Crippen molar-refractivity contribution in [3.8, 4) is 5.75 Å². The van der Waals surface area contributed by atoms with Gasteiger partial charge in [-0.25, -0.2) is 0 Å². The quantitative estimate of drug-likeness (QED) is 0.810. The topological polar surface area (TPSA) is 26.3 Å². The zero-order valence-corrected chi connectivity index (χ0v) is 9.54. The van der Waals surface area contributed by atoms with Crippen molar-refractivity contribution in [1.29, 1.82) is 0 Å². The van der Waals surface area contributed by atoms with Gasteiger partial charge in [-0.05, 0) is 30.5 Å². The molecule has 0 amide bonds. The highest BCUT2D eigenvalue weighted by Crippen LogP contribution is 2.26. The molecule has 0 N–H and O–H groups in total. The Balaban J connectivity index is 2.71. The summed E-state index contributed by atoms with van der Waals surface area (Å²) in [4.78, 5) is 10.9. The van der Waals surface area contributed by atoms with Gasteiger partial charge in [0, 0.05) is 6.42 Å². The second kappa shape index (κ2) is 5.21. The van der Waals surface area contributed by atoms with Gasteiger partial charge >= 0.3 is 6.36 Å². The van der Waals surface area contributed by atoms with E-state index in [2.05, 4.69) is 4.74 Å². The van der Waals surface area contributed by atoms with Crippen LogP contribution >= 0.6 is 0 Å². The molecule has 0 saturated carbocycles. The van der Waals surface area contributed by atoms with E-state index in [9.17, 15) is 18.0 Å². The van der Waals surface area contributed by atoms with E-state index in [4.69, 9.17) is 0 Å². The van der Waals surface area contributed by atoms with Gasteiger partial charge in [0.05, 0.1) is 0 Å². The van der Waals surface area contributed by atoms with Gasteiger partial charge in [-0.3, -0.25) is 0 Å². The Morgan fingerprint density at radius 1 is 1.29 bits per heavy atom. The summed E-state index contributed by atoms with van der Waals surface area (Å²) in [5, 5.41) is 0. The maximum atomic E-state index is 11.9. The standard InChI is InChI=1S/C12H13F3O2/c1-8(7-9(2)16)10-3-5-11(6-4-10)17-12(13,14)15/h3-6,8H,7H2,1-2H3/t8-/m1/s1. The first-order valence-electron chi connectivity index (χ1n) is 5.13. The first kappa shape index (κ1) is 13.5. The molecule has 0 radical (unpaired) electrons. The number of hydrogen-bond acceptors (Lipinski definition) is 2. The van der Waals surface area contributed by atoms with Crippen LogP contribution in [-0.4, -0.2) is 12.1 Å². The molecule has 0 spiro atoms. The first-order valence-corrected chi connectivity index (χ1v) is 5.13. The highest BCUT2D eigenvalue weighted by Gasteiger charge is 2.30. The zero-order chi connectivity index (χ0) is 13.1. The van der Waals surface area contributed by atoms with Gasteiger partial charge in [0.2, 0.25) is 0 Å². The van der Waals surface area contributed by atoms with Crippen molar-refractivity contribution >= 4 is 5.78 Å². The first-order chi connectivity index (χ1) is 7.78. The number of benzene rings is 1. The van der Waals surface area contributed by atoms with E-state index in [1.165, 1.54) is 31.2 Å². The molecule has 0 aromatic heterocycles. The van der Waals surface area contributed by atoms with E-state index in [0.717, 1.165) is 5.56 Å². The molecule has 0 aliphatic carbocycles. The minimum atomic E-state index is -4.67. The van der Waals surface area contributed by atoms with Crippen LogP contribution in [0.1, 0.15) is 31.7 Å². The van der Waals surface area contributed by atoms with Gasteiger partial charge < -0.3 is 9.53 Å². The van der Waals surface area contributed by atoms with Gasteiger partial charge in [0.15, 0.2) is 0 Å². The number of carbonyl (C=O) groups excluding carboxylic acids is 1. The summed E-state index contributed by atoms with van der Waals surface area (Å²) in [5.74, 6) is -0.211. The van der Waals surface area contributed by atoms with Crippen molar-refractivity contribution in [3.05, 3.63) is 29.8 Å². The smallest absolute Gasteiger partial charge is 0.406 e. The molecule has 2 nitrogen and oxygen atoms in total. The summed E-state index contributed by atoms with van der Waals surface area (Å²) in [6.07, 6.45) is -4.30. The lowest BCUT2D eigenvalue weighted by Crippen LogP contribution is -2.17. The largest absolute Gasteiger partial charge is 0.573 e. The summed E-state index contributed by atoms with van der Waals surface area (Å²) in [6.45, 7) is 3.33. The van der Waals surface area contributed by atoms with Crippen molar-refractivity contribution in [1.82, 2.24) is 0 Å². The third-order valence-electron chi connectivity index (χ3n) is 2.28. The average Bonchev–Trinajstić information content (AvgIpc) is 2.15. The predicted molar refractivity (Wildman–Crippen MR) is 56.8 cm³/mol. The van der Waals surface area contributed by atoms with Gasteiger partial charge in [-0.1, -0.05) is 19.1 Å². The van der Waals surface area contributed by atoms with Gasteiger partial charge in [0.25, 0.3) is 0 Å². The normalized spacial score (nSPS) is 13.2. The van der Waals surface area contributed by atoms with Crippen LogP contribution in [-0.2, 0) is 4.79 Å². The Morgan fingerprint density at radius 2 is 1.82 bits per heavy atom. The molecule has 94 valence electrons. The van der Waals surface area contributed by atoms with E-state index in [1.54, 1.807) is 0 Å². The Labute approximate surface area is 97.4 Å². The number of ether oxygens (including phenoxy) is 1. The minimum Gasteiger partial charge on any atom is -0.406 e. The van der Waals surface area contributed by atoms with Crippen LogP contribution in [0.2, 0.25) is 0 Å². The fraction of sp³-hybridized carbons (Fsp3) is 0.417. The van der Waals surface area contributed by atoms with Crippen molar-refractivity contribution in [2.75, 3.05) is 0 Å². The Kier molecular flexibility index (Phi) is 4.15. The number of rotatable bonds is 4. The van der Waals surface area contributed by atoms with Crippen molar-refractivity contribution in [2.24, 2.45) is 0 Å². The number of hydrogen-bond donors (Lipinski definition) is 0. The summed E-state index contributed by atoms with van der Waals surface area (Å²) in [7, 11) is 0. The summed E-state index contributed by atoms with van der Waals surface area (Å²) in [6, 6.07) is 5.57. The molecule has 1 aromatic carbocycles. The van der Waals surface area contributed by atoms with Crippen LogP contribution < -0.4 is 4.74 Å². The molecule has 17 heavy (non-hydrogen) atoms. The van der Waals surface area contributed by atoms with Crippen molar-refractivity contribution in [2.45, 2.75) is 32.5 Å². The molecule has 1 atom stereocenters. The molecular weight excluding hydrogens is 233 g/mol. The highest BCUT2D eigenvalue weighted by molar-refractivity contribution is 5.76. The molecule has 1 rings (SSSR count). The Hall–Kier alpha value is -1.52. The van der Waals surface area contributed by atoms with Crippen LogP contribution in [0, 0.1) is 0 Å². The number of alkyl halides is 3. The van der Waals surface area contributed by atoms with Gasteiger partial charge in [0.1, 0.15) is 11.5 Å². The van der Waals surface area contributed by atoms with Crippen LogP contribution in [0.5, 0.6) is 5.75 Å². The molecular formula is C12H13F3O2. The molecule has 1 aromatic rings. The van der Waals surface area contributed by atoms with Crippen molar-refractivity contribution < 1.29 is 22.7 Å². The van der Waals surface area contributed by atoms with E-state index in [-0.39, 0.29) is 17.5 Å². The van der Waals surface area contributed by atoms with Gasteiger partial charge in [-0.15, -0.1) is 13.2 Å². The maximum absolute atomic E-state index is 11.9. The molecule has 0 aliphatic rings. The lowest BCUT2D eigenvalue weighted by Gasteiger charge is -2.12. The Morgan fingerprint density at radius 3 is 2.24 bits per heavy atom. The minimum absolute atomic E-state index is 0.00700. The summed E-state index contributed by atoms with van der Waals surface area (Å²) >= 11 is 0. The van der Waals surface area contributed by atoms with Crippen LogP contribution in [0.4, 0.5) is 13.2 Å². The number of carbonyl (C=O) groups is 1. The molecule has 5 heteroatoms. The molecule has 0 aliphatic heterocycles. The zero-order valence-electron chi connectivity index (χ0n) is 9.54. The summed E-state index contributed by atoms with van der Waals surface area (Å²) in [5.41, 5.74) is 0.815. The van der Waals surface area contributed by atoms with Gasteiger partial charge in [-0.2, -0.15) is 0 Å². The SMILES string of the molecule is CC(=O)C[C@@H](C)c1ccc(OC(F)(F)F)cc1. The number of halogens is 3. The third kappa shape index (κ3) is 4.89. The van der Waals surface area contributed by atoms with E-state index in [0.29, 0.717) is 6.42 Å². The Bertz CT molecular complexity index is 382. The molecule has 0 heterocycles. The predicted octanol–water partition coefficient (Wildman–Crippen LogP) is 3.67. The number of ketones is 1. The van der Waals surface area contributed by atoms with Crippen LogP contribution in [0.25, 0.3) is 0 Å². The number of Topliss-reactive ketones (excluding diaryl/α,β-unsaturated/α-hetero) is 1. The second-order valence-corrected chi connectivity index (χ2v) is 3.92. The maximum Gasteiger partial charge on any atom is 0.573 e. The molecule has 0 saturated heterocycles. The van der Waals surface area contributed by atoms with Crippen LogP contribution in [0.15, 0.2) is 24.3 Å². The molecule has 0 bridgehead atoms. The summed E-state index contributed by atoms with van der Waals surface area (Å²) < 4.78 is 39.5. The lowest BCUT2D eigenvalue weighted by atomic mass is 9.96. The fourth-order valence-corrected chi connectivity index (χ4v) is 1.55. The average molecular weight is 246 g/mol. The highest BCUT2D eigenvalue weighted by atomic mass is 19.4. The third-order valence-corrected chi connectivity index (χ3v) is 2.28. The molecule has 0 unspecified atom stereocenters. The van der Waals surface area contributed by atoms with Crippen molar-refractivity contribution in [3.63, 3.8) is 0 Å². The molecule has 0 fully saturated rings. The van der Waals surface area contributed by atoms with E-state index in [1.807, 2.05) is 6.92 Å². The fourth-order valence-electron chi connectivity index (χ4n) is 1.55. The van der Waals surface area contributed by atoms with Crippen LogP contribution in [0.3, 0.4) is 0 Å². The lowest BCUT2D eigenvalue weighted by molar-refractivity contribution is -0.274. The monoisotopic (exact) mass is 246 g/mol.